The van der Waals surface area contributed by atoms with Crippen molar-refractivity contribution >= 4 is 0 Å². The number of rotatable bonds is 8. The first-order valence-electron chi connectivity index (χ1n) is 9.27. The van der Waals surface area contributed by atoms with Gasteiger partial charge in [0.2, 0.25) is 0 Å². The van der Waals surface area contributed by atoms with E-state index in [1.165, 1.54) is 64.2 Å². The van der Waals surface area contributed by atoms with Gasteiger partial charge in [0.05, 0.1) is 0 Å². The molecule has 0 aromatic rings. The Kier molecular flexibility index (Phi) is 6.83. The van der Waals surface area contributed by atoms with Gasteiger partial charge in [0, 0.05) is 24.2 Å². The molecular formula is C18H36N2. The summed E-state index contributed by atoms with van der Waals surface area (Å²) in [5.41, 5.74) is 0. The van der Waals surface area contributed by atoms with Crippen LogP contribution in [0.5, 0.6) is 0 Å². The molecule has 0 aromatic heterocycles. The van der Waals surface area contributed by atoms with Crippen molar-refractivity contribution in [2.45, 2.75) is 109 Å². The van der Waals surface area contributed by atoms with Gasteiger partial charge in [-0.3, -0.25) is 4.90 Å². The van der Waals surface area contributed by atoms with E-state index in [4.69, 9.17) is 0 Å². The Morgan fingerprint density at radius 3 is 2.35 bits per heavy atom. The molecule has 1 N–H and O–H groups in total. The number of nitrogens with zero attached hydrogens (tertiary/aromatic N) is 1. The SMILES string of the molecule is CCCCCCC(C)N1C2CCCC1CC(NCC)C2. The summed E-state index contributed by atoms with van der Waals surface area (Å²) in [4.78, 5) is 2.92. The maximum absolute atomic E-state index is 3.71. The van der Waals surface area contributed by atoms with Crippen LogP contribution in [0, 0.1) is 0 Å². The molecule has 2 rings (SSSR count). The van der Waals surface area contributed by atoms with Gasteiger partial charge in [-0.2, -0.15) is 0 Å². The van der Waals surface area contributed by atoms with Crippen molar-refractivity contribution in [3.05, 3.63) is 0 Å². The average Bonchev–Trinajstić information content (AvgIpc) is 2.43. The molecule has 0 radical (unpaired) electrons. The van der Waals surface area contributed by atoms with Gasteiger partial charge in [-0.1, -0.05) is 46.0 Å². The zero-order valence-electron chi connectivity index (χ0n) is 14.0. The first kappa shape index (κ1) is 16.3. The molecule has 3 atom stereocenters. The molecule has 2 aliphatic heterocycles. The quantitative estimate of drug-likeness (QED) is 0.665. The molecule has 3 unspecified atom stereocenters. The predicted molar refractivity (Wildman–Crippen MR) is 88.2 cm³/mol. The summed E-state index contributed by atoms with van der Waals surface area (Å²) >= 11 is 0. The van der Waals surface area contributed by atoms with Crippen molar-refractivity contribution in [1.82, 2.24) is 10.2 Å². The number of fused-ring (bicyclic) bond motifs is 2. The molecule has 0 saturated carbocycles. The van der Waals surface area contributed by atoms with Crippen LogP contribution in [0.2, 0.25) is 0 Å². The lowest BCUT2D eigenvalue weighted by Gasteiger charge is -2.52. The first-order valence-corrected chi connectivity index (χ1v) is 9.27. The van der Waals surface area contributed by atoms with Crippen LogP contribution < -0.4 is 5.32 Å². The monoisotopic (exact) mass is 280 g/mol. The van der Waals surface area contributed by atoms with E-state index in [2.05, 4.69) is 31.0 Å². The summed E-state index contributed by atoms with van der Waals surface area (Å²) in [5.74, 6) is 0. The highest BCUT2D eigenvalue weighted by atomic mass is 15.2. The summed E-state index contributed by atoms with van der Waals surface area (Å²) in [5, 5.41) is 3.71. The third-order valence-electron chi connectivity index (χ3n) is 5.51. The number of piperidine rings is 2. The van der Waals surface area contributed by atoms with E-state index in [-0.39, 0.29) is 0 Å². The van der Waals surface area contributed by atoms with Crippen molar-refractivity contribution in [3.63, 3.8) is 0 Å². The average molecular weight is 280 g/mol. The highest BCUT2D eigenvalue weighted by Gasteiger charge is 2.39. The van der Waals surface area contributed by atoms with Crippen LogP contribution in [0.3, 0.4) is 0 Å². The second-order valence-corrected chi connectivity index (χ2v) is 7.11. The molecule has 118 valence electrons. The molecule has 2 fully saturated rings. The van der Waals surface area contributed by atoms with Crippen LogP contribution in [0.1, 0.15) is 85.0 Å². The second-order valence-electron chi connectivity index (χ2n) is 7.11. The van der Waals surface area contributed by atoms with Crippen molar-refractivity contribution < 1.29 is 0 Å². The fourth-order valence-corrected chi connectivity index (χ4v) is 4.61. The Labute approximate surface area is 126 Å². The highest BCUT2D eigenvalue weighted by Crippen LogP contribution is 2.36. The van der Waals surface area contributed by atoms with E-state index in [0.717, 1.165) is 30.7 Å². The third kappa shape index (κ3) is 4.21. The van der Waals surface area contributed by atoms with Crippen molar-refractivity contribution in [1.29, 1.82) is 0 Å². The van der Waals surface area contributed by atoms with Crippen LogP contribution in [0.25, 0.3) is 0 Å². The van der Waals surface area contributed by atoms with Crippen LogP contribution in [-0.4, -0.2) is 35.6 Å². The van der Waals surface area contributed by atoms with Crippen LogP contribution in [0.15, 0.2) is 0 Å². The van der Waals surface area contributed by atoms with Crippen molar-refractivity contribution in [2.24, 2.45) is 0 Å². The largest absolute Gasteiger partial charge is 0.314 e. The lowest BCUT2D eigenvalue weighted by molar-refractivity contribution is -0.00814. The standard InChI is InChI=1S/C18H36N2/c1-4-6-7-8-10-15(3)20-17-11-9-12-18(20)14-16(13-17)19-5-2/h15-19H,4-14H2,1-3H3. The van der Waals surface area contributed by atoms with E-state index in [0.29, 0.717) is 0 Å². The summed E-state index contributed by atoms with van der Waals surface area (Å²) in [6.07, 6.45) is 14.2. The second kappa shape index (κ2) is 8.38. The molecule has 2 heterocycles. The minimum atomic E-state index is 0.791. The lowest BCUT2D eigenvalue weighted by Crippen LogP contribution is -2.58. The van der Waals surface area contributed by atoms with Gasteiger partial charge >= 0.3 is 0 Å². The zero-order chi connectivity index (χ0) is 14.4. The Morgan fingerprint density at radius 1 is 1.05 bits per heavy atom. The van der Waals surface area contributed by atoms with Gasteiger partial charge in [0.25, 0.3) is 0 Å². The number of unbranched alkanes of at least 4 members (excludes halogenated alkanes) is 3. The van der Waals surface area contributed by atoms with Gasteiger partial charge in [-0.05, 0) is 45.6 Å². The third-order valence-corrected chi connectivity index (χ3v) is 5.51. The summed E-state index contributed by atoms with van der Waals surface area (Å²) in [6, 6.07) is 3.34. The molecule has 20 heavy (non-hydrogen) atoms. The molecule has 2 bridgehead atoms. The molecule has 2 aliphatic rings. The van der Waals surface area contributed by atoms with Gasteiger partial charge in [-0.15, -0.1) is 0 Å². The maximum Gasteiger partial charge on any atom is 0.0116 e. The van der Waals surface area contributed by atoms with Gasteiger partial charge in [-0.25, -0.2) is 0 Å². The van der Waals surface area contributed by atoms with E-state index < -0.39 is 0 Å². The van der Waals surface area contributed by atoms with Crippen molar-refractivity contribution in [2.75, 3.05) is 6.54 Å². The normalized spacial score (nSPS) is 32.2. The Balaban J connectivity index is 1.84. The minimum absolute atomic E-state index is 0.791. The summed E-state index contributed by atoms with van der Waals surface area (Å²) in [7, 11) is 0. The first-order chi connectivity index (χ1) is 9.76. The Bertz CT molecular complexity index is 252. The van der Waals surface area contributed by atoms with Crippen molar-refractivity contribution in [3.8, 4) is 0 Å². The highest BCUT2D eigenvalue weighted by molar-refractivity contribution is 4.96. The smallest absolute Gasteiger partial charge is 0.0116 e. The molecule has 0 spiro atoms. The minimum Gasteiger partial charge on any atom is -0.314 e. The lowest BCUT2D eigenvalue weighted by atomic mass is 9.80. The molecule has 0 amide bonds. The van der Waals surface area contributed by atoms with Gasteiger partial charge in [0.1, 0.15) is 0 Å². The predicted octanol–water partition coefficient (Wildman–Crippen LogP) is 4.34. The number of hydrogen-bond donors (Lipinski definition) is 1. The van der Waals surface area contributed by atoms with Crippen LogP contribution in [-0.2, 0) is 0 Å². The fraction of sp³-hybridized carbons (Fsp3) is 1.00. The van der Waals surface area contributed by atoms with E-state index >= 15 is 0 Å². The Hall–Kier alpha value is -0.0800. The number of nitrogens with one attached hydrogen (secondary N) is 1. The maximum atomic E-state index is 3.71. The van der Waals surface area contributed by atoms with Gasteiger partial charge in [0.15, 0.2) is 0 Å². The zero-order valence-corrected chi connectivity index (χ0v) is 14.0. The van der Waals surface area contributed by atoms with Crippen LogP contribution >= 0.6 is 0 Å². The Morgan fingerprint density at radius 2 is 1.75 bits per heavy atom. The van der Waals surface area contributed by atoms with E-state index in [9.17, 15) is 0 Å². The van der Waals surface area contributed by atoms with E-state index in [1.807, 2.05) is 0 Å². The molecule has 0 aliphatic carbocycles. The van der Waals surface area contributed by atoms with Gasteiger partial charge < -0.3 is 5.32 Å². The summed E-state index contributed by atoms with van der Waals surface area (Å²) < 4.78 is 0. The molecular weight excluding hydrogens is 244 g/mol. The molecule has 2 heteroatoms. The van der Waals surface area contributed by atoms with Crippen LogP contribution in [0.4, 0.5) is 0 Å². The topological polar surface area (TPSA) is 15.3 Å². The molecule has 2 saturated heterocycles. The fourth-order valence-electron chi connectivity index (χ4n) is 4.61. The summed E-state index contributed by atoms with van der Waals surface area (Å²) in [6.45, 7) is 8.18. The number of hydrogen-bond acceptors (Lipinski definition) is 2. The van der Waals surface area contributed by atoms with E-state index in [1.54, 1.807) is 0 Å². The molecule has 0 aromatic carbocycles. The molecule has 2 nitrogen and oxygen atoms in total.